The maximum absolute atomic E-state index is 13.0. The minimum atomic E-state index is -0.852. The first kappa shape index (κ1) is 17.5. The Hall–Kier alpha value is -1.92. The number of carboxylic acid groups (broad SMARTS) is 1. The second kappa shape index (κ2) is 6.67. The first-order valence-electron chi connectivity index (χ1n) is 9.43. The van der Waals surface area contributed by atoms with Gasteiger partial charge in [0.2, 0.25) is 5.91 Å². The van der Waals surface area contributed by atoms with E-state index in [1.807, 2.05) is 21.9 Å². The lowest BCUT2D eigenvalue weighted by Gasteiger charge is -2.34. The van der Waals surface area contributed by atoms with Crippen LogP contribution in [-0.2, 0) is 20.7 Å². The number of rotatable bonds is 3. The number of hydrogen-bond acceptors (Lipinski definition) is 4. The number of aliphatic carboxylic acids is 1. The Morgan fingerprint density at radius 2 is 2.23 bits per heavy atom. The zero-order valence-corrected chi connectivity index (χ0v) is 15.2. The van der Waals surface area contributed by atoms with Crippen LogP contribution in [0.2, 0.25) is 0 Å². The molecule has 0 bridgehead atoms. The molecule has 1 aromatic carbocycles. The smallest absolute Gasteiger partial charge is 0.313 e. The number of benzene rings is 1. The number of nitrogens with zero attached hydrogens (tertiary/aromatic N) is 2. The molecule has 140 valence electrons. The SMILES string of the molecule is Cc1ccc2c(c1)CCCN2C(=O)CN1C[C@@H]2CCOC[C@]2(C(=O)O)C1. The lowest BCUT2D eigenvalue weighted by atomic mass is 9.76. The van der Waals surface area contributed by atoms with Crippen LogP contribution in [0.4, 0.5) is 5.69 Å². The molecule has 0 aromatic heterocycles. The van der Waals surface area contributed by atoms with Crippen molar-refractivity contribution < 1.29 is 19.4 Å². The number of anilines is 1. The van der Waals surface area contributed by atoms with Gasteiger partial charge < -0.3 is 14.7 Å². The molecule has 1 N–H and O–H groups in total. The van der Waals surface area contributed by atoms with Crippen LogP contribution in [0.25, 0.3) is 0 Å². The Bertz CT molecular complexity index is 735. The number of carbonyl (C=O) groups excluding carboxylic acids is 1. The topological polar surface area (TPSA) is 70.1 Å². The molecule has 0 aliphatic carbocycles. The third kappa shape index (κ3) is 2.91. The molecule has 3 aliphatic rings. The highest BCUT2D eigenvalue weighted by Crippen LogP contribution is 2.41. The van der Waals surface area contributed by atoms with Gasteiger partial charge in [-0.05, 0) is 43.7 Å². The van der Waals surface area contributed by atoms with Crippen molar-refractivity contribution in [1.29, 1.82) is 0 Å². The number of ether oxygens (including phenoxy) is 1. The first-order chi connectivity index (χ1) is 12.5. The number of hydrogen-bond donors (Lipinski definition) is 1. The summed E-state index contributed by atoms with van der Waals surface area (Å²) in [4.78, 5) is 28.8. The average molecular weight is 358 g/mol. The van der Waals surface area contributed by atoms with Crippen molar-refractivity contribution in [2.75, 3.05) is 44.3 Å². The van der Waals surface area contributed by atoms with Crippen molar-refractivity contribution in [3.8, 4) is 0 Å². The summed E-state index contributed by atoms with van der Waals surface area (Å²) in [5, 5.41) is 9.75. The fraction of sp³-hybridized carbons (Fsp3) is 0.600. The summed E-state index contributed by atoms with van der Waals surface area (Å²) in [5.74, 6) is -0.663. The zero-order chi connectivity index (χ0) is 18.3. The summed E-state index contributed by atoms with van der Waals surface area (Å²) in [6.07, 6.45) is 2.73. The molecule has 0 radical (unpaired) electrons. The van der Waals surface area contributed by atoms with E-state index in [1.54, 1.807) is 0 Å². The van der Waals surface area contributed by atoms with Gasteiger partial charge in [0.1, 0.15) is 5.41 Å². The summed E-state index contributed by atoms with van der Waals surface area (Å²) >= 11 is 0. The Balaban J connectivity index is 1.49. The molecule has 2 atom stereocenters. The molecule has 0 spiro atoms. The molecule has 1 aromatic rings. The Morgan fingerprint density at radius 1 is 1.38 bits per heavy atom. The highest BCUT2D eigenvalue weighted by atomic mass is 16.5. The number of amides is 1. The average Bonchev–Trinajstić information content (AvgIpc) is 3.00. The molecule has 3 heterocycles. The fourth-order valence-electron chi connectivity index (χ4n) is 4.78. The minimum absolute atomic E-state index is 0.0647. The molecule has 6 heteroatoms. The van der Waals surface area contributed by atoms with Crippen LogP contribution in [0, 0.1) is 18.3 Å². The predicted molar refractivity (Wildman–Crippen MR) is 97.3 cm³/mol. The lowest BCUT2D eigenvalue weighted by molar-refractivity contribution is -0.159. The van der Waals surface area contributed by atoms with Gasteiger partial charge in [0, 0.05) is 31.9 Å². The number of carboxylic acids is 1. The van der Waals surface area contributed by atoms with Crippen molar-refractivity contribution in [2.45, 2.75) is 26.2 Å². The van der Waals surface area contributed by atoms with E-state index in [9.17, 15) is 14.7 Å². The van der Waals surface area contributed by atoms with Gasteiger partial charge in [-0.15, -0.1) is 0 Å². The minimum Gasteiger partial charge on any atom is -0.481 e. The summed E-state index contributed by atoms with van der Waals surface area (Å²) in [5.41, 5.74) is 2.61. The zero-order valence-electron chi connectivity index (χ0n) is 15.2. The van der Waals surface area contributed by atoms with Crippen LogP contribution in [-0.4, -0.2) is 61.3 Å². The molecular weight excluding hydrogens is 332 g/mol. The van der Waals surface area contributed by atoms with Crippen molar-refractivity contribution >= 4 is 17.6 Å². The van der Waals surface area contributed by atoms with Crippen molar-refractivity contribution in [1.82, 2.24) is 4.90 Å². The lowest BCUT2D eigenvalue weighted by Crippen LogP contribution is -2.47. The van der Waals surface area contributed by atoms with Crippen LogP contribution < -0.4 is 4.90 Å². The predicted octanol–water partition coefficient (Wildman–Crippen LogP) is 1.70. The van der Waals surface area contributed by atoms with Crippen LogP contribution in [0.5, 0.6) is 0 Å². The molecule has 3 aliphatic heterocycles. The van der Waals surface area contributed by atoms with Gasteiger partial charge in [0.25, 0.3) is 0 Å². The van der Waals surface area contributed by atoms with Crippen LogP contribution in [0.1, 0.15) is 24.0 Å². The van der Waals surface area contributed by atoms with Gasteiger partial charge in [0.15, 0.2) is 0 Å². The number of aryl methyl sites for hydroxylation is 2. The molecule has 0 saturated carbocycles. The second-order valence-electron chi connectivity index (χ2n) is 7.95. The van der Waals surface area contributed by atoms with Gasteiger partial charge in [0.05, 0.1) is 13.2 Å². The molecule has 4 rings (SSSR count). The van der Waals surface area contributed by atoms with Gasteiger partial charge in [-0.3, -0.25) is 14.5 Å². The molecule has 6 nitrogen and oxygen atoms in total. The summed E-state index contributed by atoms with van der Waals surface area (Å²) < 4.78 is 5.47. The quantitative estimate of drug-likeness (QED) is 0.891. The molecule has 2 saturated heterocycles. The van der Waals surface area contributed by atoms with E-state index in [0.717, 1.165) is 31.5 Å². The van der Waals surface area contributed by atoms with Gasteiger partial charge >= 0.3 is 5.97 Å². The standard InChI is InChI=1S/C20H26N2O4/c1-14-4-5-17-15(9-14)3-2-7-22(17)18(23)11-21-10-16-6-8-26-13-20(16,12-21)19(24)25/h4-5,9,16H,2-3,6-8,10-13H2,1H3,(H,24,25)/t16-,20+/m0/s1. The van der Waals surface area contributed by atoms with Crippen molar-refractivity contribution in [3.63, 3.8) is 0 Å². The Labute approximate surface area is 153 Å². The van der Waals surface area contributed by atoms with Crippen molar-refractivity contribution in [2.24, 2.45) is 11.3 Å². The number of likely N-dealkylation sites (tertiary alicyclic amines) is 1. The normalized spacial score (nSPS) is 28.5. The van der Waals surface area contributed by atoms with Gasteiger partial charge in [-0.25, -0.2) is 0 Å². The van der Waals surface area contributed by atoms with E-state index in [4.69, 9.17) is 4.74 Å². The van der Waals surface area contributed by atoms with E-state index in [1.165, 1.54) is 11.1 Å². The maximum Gasteiger partial charge on any atom is 0.313 e. The molecular formula is C20H26N2O4. The summed E-state index contributed by atoms with van der Waals surface area (Å²) in [6, 6.07) is 6.25. The third-order valence-electron chi connectivity index (χ3n) is 6.18. The molecule has 26 heavy (non-hydrogen) atoms. The van der Waals surface area contributed by atoms with Crippen LogP contribution >= 0.6 is 0 Å². The maximum atomic E-state index is 13.0. The second-order valence-corrected chi connectivity index (χ2v) is 7.95. The molecule has 2 fully saturated rings. The third-order valence-corrected chi connectivity index (χ3v) is 6.18. The fourth-order valence-corrected chi connectivity index (χ4v) is 4.78. The van der Waals surface area contributed by atoms with E-state index in [0.29, 0.717) is 19.7 Å². The van der Waals surface area contributed by atoms with Gasteiger partial charge in [-0.2, -0.15) is 0 Å². The van der Waals surface area contributed by atoms with E-state index >= 15 is 0 Å². The van der Waals surface area contributed by atoms with E-state index in [-0.39, 0.29) is 25.0 Å². The molecule has 0 unspecified atom stereocenters. The highest BCUT2D eigenvalue weighted by molar-refractivity contribution is 5.96. The monoisotopic (exact) mass is 358 g/mol. The van der Waals surface area contributed by atoms with E-state index in [2.05, 4.69) is 13.0 Å². The summed E-state index contributed by atoms with van der Waals surface area (Å²) in [6.45, 7) is 5.01. The molecule has 1 amide bonds. The highest BCUT2D eigenvalue weighted by Gasteiger charge is 2.54. The van der Waals surface area contributed by atoms with E-state index < -0.39 is 11.4 Å². The Kier molecular flexibility index (Phi) is 4.49. The van der Waals surface area contributed by atoms with Crippen molar-refractivity contribution in [3.05, 3.63) is 29.3 Å². The Morgan fingerprint density at radius 3 is 3.00 bits per heavy atom. The number of carbonyl (C=O) groups is 2. The first-order valence-corrected chi connectivity index (χ1v) is 9.43. The van der Waals surface area contributed by atoms with Crippen LogP contribution in [0.3, 0.4) is 0 Å². The summed E-state index contributed by atoms with van der Waals surface area (Å²) in [7, 11) is 0. The van der Waals surface area contributed by atoms with Crippen LogP contribution in [0.15, 0.2) is 18.2 Å². The van der Waals surface area contributed by atoms with Gasteiger partial charge in [-0.1, -0.05) is 17.7 Å². The number of fused-ring (bicyclic) bond motifs is 2. The largest absolute Gasteiger partial charge is 0.481 e.